The third-order valence-electron chi connectivity index (χ3n) is 7.58. The summed E-state index contributed by atoms with van der Waals surface area (Å²) < 4.78 is 6.26. The van der Waals surface area contributed by atoms with Crippen molar-refractivity contribution in [3.8, 4) is 5.75 Å². The Morgan fingerprint density at radius 3 is 2.78 bits per heavy atom. The lowest BCUT2D eigenvalue weighted by atomic mass is 9.68. The molecule has 0 saturated heterocycles. The van der Waals surface area contributed by atoms with Gasteiger partial charge in [-0.3, -0.25) is 0 Å². The molecule has 4 aliphatic rings. The Hall–Kier alpha value is -3.50. The monoisotopic (exact) mass is 476 g/mol. The van der Waals surface area contributed by atoms with Crippen molar-refractivity contribution in [1.29, 1.82) is 0 Å². The molecule has 0 aromatic heterocycles. The summed E-state index contributed by atoms with van der Waals surface area (Å²) in [6, 6.07) is 11.7. The minimum atomic E-state index is -0.315. The number of aromatic hydroxyl groups is 1. The molecule has 0 radical (unpaired) electrons. The number of allylic oxidation sites excluding steroid dienone is 6. The van der Waals surface area contributed by atoms with Crippen LogP contribution in [0.5, 0.6) is 5.75 Å². The summed E-state index contributed by atoms with van der Waals surface area (Å²) in [6.45, 7) is 2.90. The van der Waals surface area contributed by atoms with Crippen molar-refractivity contribution in [3.63, 3.8) is 0 Å². The number of ether oxygens (including phenoxy) is 1. The predicted molar refractivity (Wildman–Crippen MR) is 148 cm³/mol. The van der Waals surface area contributed by atoms with Gasteiger partial charge in [-0.1, -0.05) is 93.0 Å². The van der Waals surface area contributed by atoms with Gasteiger partial charge in [0.05, 0.1) is 11.3 Å². The van der Waals surface area contributed by atoms with Crippen molar-refractivity contribution >= 4 is 23.7 Å². The van der Waals surface area contributed by atoms with Gasteiger partial charge in [0, 0.05) is 30.4 Å². The SMILES string of the molecule is CCCCCCOC1CC(c2ccc3c4c2C=CC2=CC=CC(C=C3)C24)=NC(c2ccccc2O)=N1. The molecule has 4 nitrogen and oxygen atoms in total. The van der Waals surface area contributed by atoms with E-state index in [0.717, 1.165) is 17.7 Å². The number of nitrogens with zero attached hydrogens (tertiary/aromatic N) is 2. The first-order chi connectivity index (χ1) is 17.7. The molecule has 0 spiro atoms. The lowest BCUT2D eigenvalue weighted by Gasteiger charge is -2.36. The van der Waals surface area contributed by atoms with Crippen molar-refractivity contribution in [3.05, 3.63) is 100 Å². The second-order valence-corrected chi connectivity index (χ2v) is 9.95. The first-order valence-electron chi connectivity index (χ1n) is 13.2. The quantitative estimate of drug-likeness (QED) is 0.410. The van der Waals surface area contributed by atoms with Gasteiger partial charge in [-0.2, -0.15) is 0 Å². The fourth-order valence-electron chi connectivity index (χ4n) is 5.75. The lowest BCUT2D eigenvalue weighted by Crippen LogP contribution is -2.27. The van der Waals surface area contributed by atoms with Crippen LogP contribution in [0.4, 0.5) is 0 Å². The first kappa shape index (κ1) is 22.9. The number of phenolic OH excluding ortho intramolecular Hbond substituents is 1. The van der Waals surface area contributed by atoms with E-state index in [4.69, 9.17) is 14.7 Å². The third-order valence-corrected chi connectivity index (χ3v) is 7.58. The molecule has 3 unspecified atom stereocenters. The zero-order chi connectivity index (χ0) is 24.5. The minimum absolute atomic E-state index is 0.186. The Labute approximate surface area is 213 Å². The fourth-order valence-corrected chi connectivity index (χ4v) is 5.75. The first-order valence-corrected chi connectivity index (χ1v) is 13.2. The number of phenols is 1. The smallest absolute Gasteiger partial charge is 0.161 e. The molecular formula is C32H32N2O2. The Kier molecular flexibility index (Phi) is 6.28. The molecule has 0 amide bonds. The highest BCUT2D eigenvalue weighted by Crippen LogP contribution is 2.48. The number of aliphatic imine (C=N–C) groups is 2. The van der Waals surface area contributed by atoms with E-state index in [0.29, 0.717) is 36.3 Å². The molecule has 0 fully saturated rings. The summed E-state index contributed by atoms with van der Waals surface area (Å²) in [4.78, 5) is 9.84. The van der Waals surface area contributed by atoms with Crippen molar-refractivity contribution < 1.29 is 9.84 Å². The molecule has 1 heterocycles. The predicted octanol–water partition coefficient (Wildman–Crippen LogP) is 7.20. The standard InChI is InChI=1S/C32H32N2O2/c1-2-3-4-7-19-36-29-20-27(33-32(34-29)26-11-5-6-12-28(26)35)24-17-15-23-14-13-21-9-8-10-22-16-18-25(24)31(23)30(21)22/h5-6,8-18,21,29-30,35H,2-4,7,19-20H2,1H3. The summed E-state index contributed by atoms with van der Waals surface area (Å²) in [7, 11) is 0. The molecule has 182 valence electrons. The summed E-state index contributed by atoms with van der Waals surface area (Å²) in [5, 5.41) is 10.6. The van der Waals surface area contributed by atoms with Crippen LogP contribution >= 0.6 is 0 Å². The average Bonchev–Trinajstić information content (AvgIpc) is 2.91. The number of benzene rings is 2. The van der Waals surface area contributed by atoms with Crippen LogP contribution in [-0.2, 0) is 4.74 Å². The topological polar surface area (TPSA) is 54.2 Å². The fraction of sp³-hybridized carbons (Fsp3) is 0.312. The summed E-state index contributed by atoms with van der Waals surface area (Å²) in [5.74, 6) is 1.47. The van der Waals surface area contributed by atoms with Gasteiger partial charge in [-0.05, 0) is 40.8 Å². The Bertz CT molecular complexity index is 1360. The average molecular weight is 477 g/mol. The largest absolute Gasteiger partial charge is 0.507 e. The number of rotatable bonds is 8. The van der Waals surface area contributed by atoms with E-state index in [9.17, 15) is 5.11 Å². The normalized spacial score (nSPS) is 23.1. The number of hydrogen-bond acceptors (Lipinski definition) is 4. The molecule has 3 atom stereocenters. The van der Waals surface area contributed by atoms with Crippen molar-refractivity contribution in [2.45, 2.75) is 51.2 Å². The van der Waals surface area contributed by atoms with Crippen LogP contribution in [0, 0.1) is 5.92 Å². The second kappa shape index (κ2) is 9.87. The Morgan fingerprint density at radius 1 is 0.972 bits per heavy atom. The van der Waals surface area contributed by atoms with E-state index in [2.05, 4.69) is 61.6 Å². The number of hydrogen-bond donors (Lipinski definition) is 1. The van der Waals surface area contributed by atoms with Gasteiger partial charge in [0.1, 0.15) is 5.75 Å². The van der Waals surface area contributed by atoms with E-state index < -0.39 is 0 Å². The Balaban J connectivity index is 1.38. The minimum Gasteiger partial charge on any atom is -0.507 e. The van der Waals surface area contributed by atoms with Gasteiger partial charge in [0.15, 0.2) is 12.1 Å². The van der Waals surface area contributed by atoms with E-state index in [-0.39, 0.29) is 12.0 Å². The van der Waals surface area contributed by atoms with Crippen molar-refractivity contribution in [2.75, 3.05) is 6.61 Å². The van der Waals surface area contributed by atoms with Crippen molar-refractivity contribution in [1.82, 2.24) is 0 Å². The molecule has 2 aromatic rings. The van der Waals surface area contributed by atoms with Crippen molar-refractivity contribution in [2.24, 2.45) is 15.9 Å². The molecule has 0 saturated carbocycles. The molecule has 0 bridgehead atoms. The highest BCUT2D eigenvalue weighted by atomic mass is 16.5. The van der Waals surface area contributed by atoms with E-state index in [1.807, 2.05) is 18.2 Å². The second-order valence-electron chi connectivity index (χ2n) is 9.95. The molecule has 6 rings (SSSR count). The molecule has 1 aliphatic heterocycles. The summed E-state index contributed by atoms with van der Waals surface area (Å²) in [5.41, 5.74) is 8.04. The zero-order valence-electron chi connectivity index (χ0n) is 20.7. The van der Waals surface area contributed by atoms with Crippen LogP contribution in [-0.4, -0.2) is 29.5 Å². The van der Waals surface area contributed by atoms with E-state index in [1.165, 1.54) is 41.5 Å². The van der Waals surface area contributed by atoms with Crippen LogP contribution in [0.1, 0.15) is 72.8 Å². The van der Waals surface area contributed by atoms with Gasteiger partial charge in [-0.25, -0.2) is 9.98 Å². The summed E-state index contributed by atoms with van der Waals surface area (Å²) >= 11 is 0. The lowest BCUT2D eigenvalue weighted by molar-refractivity contribution is 0.0609. The van der Waals surface area contributed by atoms with Gasteiger partial charge >= 0.3 is 0 Å². The number of unbranched alkanes of at least 4 members (excludes halogenated alkanes) is 3. The van der Waals surface area contributed by atoms with Crippen LogP contribution < -0.4 is 0 Å². The van der Waals surface area contributed by atoms with Crippen LogP contribution in [0.25, 0.3) is 12.2 Å². The highest BCUT2D eigenvalue weighted by molar-refractivity contribution is 6.16. The number of para-hydroxylation sites is 1. The van der Waals surface area contributed by atoms with Crippen LogP contribution in [0.2, 0.25) is 0 Å². The van der Waals surface area contributed by atoms with Gasteiger partial charge in [0.2, 0.25) is 0 Å². The highest BCUT2D eigenvalue weighted by Gasteiger charge is 2.34. The summed E-state index contributed by atoms with van der Waals surface area (Å²) in [6.07, 6.45) is 20.7. The maximum Gasteiger partial charge on any atom is 0.161 e. The molecule has 36 heavy (non-hydrogen) atoms. The van der Waals surface area contributed by atoms with Gasteiger partial charge < -0.3 is 9.84 Å². The molecule has 3 aliphatic carbocycles. The zero-order valence-corrected chi connectivity index (χ0v) is 20.7. The Morgan fingerprint density at radius 2 is 1.89 bits per heavy atom. The maximum atomic E-state index is 10.6. The molecule has 2 aromatic carbocycles. The van der Waals surface area contributed by atoms with Gasteiger partial charge in [0.25, 0.3) is 0 Å². The van der Waals surface area contributed by atoms with Gasteiger partial charge in [-0.15, -0.1) is 0 Å². The van der Waals surface area contributed by atoms with Crippen LogP contribution in [0.3, 0.4) is 0 Å². The molecule has 4 heteroatoms. The van der Waals surface area contributed by atoms with Crippen LogP contribution in [0.15, 0.2) is 82.3 Å². The van der Waals surface area contributed by atoms with E-state index in [1.54, 1.807) is 6.07 Å². The third kappa shape index (κ3) is 4.20. The molecule has 1 N–H and O–H groups in total. The molecular weight excluding hydrogens is 444 g/mol. The maximum absolute atomic E-state index is 10.6. The van der Waals surface area contributed by atoms with E-state index >= 15 is 0 Å². The number of amidine groups is 1.